The number of hydrogen-bond acceptors (Lipinski definition) is 6. The van der Waals surface area contributed by atoms with Crippen LogP contribution in [0.15, 0.2) is 24.5 Å². The van der Waals surface area contributed by atoms with E-state index >= 15 is 0 Å². The third kappa shape index (κ3) is 3.73. The predicted octanol–water partition coefficient (Wildman–Crippen LogP) is 1.13. The zero-order valence-corrected chi connectivity index (χ0v) is 15.3. The lowest BCUT2D eigenvalue weighted by Crippen LogP contribution is -2.62. The van der Waals surface area contributed by atoms with Crippen LogP contribution in [0.1, 0.15) is 32.6 Å². The predicted molar refractivity (Wildman–Crippen MR) is 99.0 cm³/mol. The fourth-order valence-corrected chi connectivity index (χ4v) is 4.31. The average Bonchev–Trinajstić information content (AvgIpc) is 2.68. The normalized spacial score (nSPS) is 30.2. The van der Waals surface area contributed by atoms with Crippen LogP contribution in [0.5, 0.6) is 0 Å². The number of carbonyl (C=O) groups excluding carboxylic acids is 1. The first-order valence-electron chi connectivity index (χ1n) is 9.38. The summed E-state index contributed by atoms with van der Waals surface area (Å²) in [5, 5.41) is 9.54. The molecular formula is C19H28N4O3. The Hall–Kier alpha value is -1.99. The van der Waals surface area contributed by atoms with Crippen molar-refractivity contribution in [1.29, 1.82) is 0 Å². The largest absolute Gasteiger partial charge is 0.480 e. The maximum absolute atomic E-state index is 12.5. The van der Waals surface area contributed by atoms with Crippen molar-refractivity contribution in [2.45, 2.75) is 44.2 Å². The number of piperazine rings is 1. The smallest absolute Gasteiger partial charge is 0.323 e. The Kier molecular flexibility index (Phi) is 5.58. The number of aliphatic carboxylic acids is 1. The lowest BCUT2D eigenvalue weighted by Gasteiger charge is -2.47. The van der Waals surface area contributed by atoms with Crippen molar-refractivity contribution in [2.24, 2.45) is 11.7 Å². The maximum Gasteiger partial charge on any atom is 0.323 e. The zero-order valence-electron chi connectivity index (χ0n) is 15.3. The Morgan fingerprint density at radius 1 is 1.27 bits per heavy atom. The Balaban J connectivity index is 1.72. The van der Waals surface area contributed by atoms with Gasteiger partial charge in [0.2, 0.25) is 0 Å². The molecule has 1 saturated carbocycles. The Bertz CT molecular complexity index is 645. The van der Waals surface area contributed by atoms with Gasteiger partial charge in [0.1, 0.15) is 11.3 Å². The number of anilines is 1. The van der Waals surface area contributed by atoms with Crippen LogP contribution in [-0.2, 0) is 9.59 Å². The third-order valence-corrected chi connectivity index (χ3v) is 5.94. The van der Waals surface area contributed by atoms with E-state index in [1.807, 2.05) is 19.1 Å². The standard InChI is InChI=1S/C19H28N4O3/c1-2-17(24)15-3-6-19(20,18(25)26)13-16(15)23-11-9-22(10-12-23)14-4-7-21-8-5-14/h4-5,7-8,15-16H,2-3,6,9-13,20H2,1H3,(H,25,26)/t15?,16-,19-/m0/s1. The molecule has 1 aromatic rings. The van der Waals surface area contributed by atoms with Crippen LogP contribution in [0, 0.1) is 5.92 Å². The maximum atomic E-state index is 12.5. The molecule has 1 aliphatic heterocycles. The number of pyridine rings is 1. The summed E-state index contributed by atoms with van der Waals surface area (Å²) in [5.41, 5.74) is 6.08. The van der Waals surface area contributed by atoms with Crippen molar-refractivity contribution in [3.05, 3.63) is 24.5 Å². The molecule has 1 unspecified atom stereocenters. The van der Waals surface area contributed by atoms with Crippen LogP contribution in [-0.4, -0.2) is 64.5 Å². The fraction of sp³-hybridized carbons (Fsp3) is 0.632. The molecule has 1 saturated heterocycles. The topological polar surface area (TPSA) is 99.8 Å². The molecule has 0 spiro atoms. The molecule has 0 bridgehead atoms. The van der Waals surface area contributed by atoms with Crippen LogP contribution < -0.4 is 10.6 Å². The summed E-state index contributed by atoms with van der Waals surface area (Å²) in [6, 6.07) is 3.90. The first kappa shape index (κ1) is 18.8. The fourth-order valence-electron chi connectivity index (χ4n) is 4.31. The molecule has 3 rings (SSSR count). The number of nitrogens with zero attached hydrogens (tertiary/aromatic N) is 3. The SMILES string of the molecule is CCC(=O)C1CC[C@@](N)(C(=O)O)C[C@@H]1N1CCN(c2ccncc2)CC1. The molecule has 1 aliphatic carbocycles. The average molecular weight is 360 g/mol. The van der Waals surface area contributed by atoms with Crippen LogP contribution in [0.4, 0.5) is 5.69 Å². The van der Waals surface area contributed by atoms with Crippen molar-refractivity contribution < 1.29 is 14.7 Å². The Morgan fingerprint density at radius 2 is 1.92 bits per heavy atom. The van der Waals surface area contributed by atoms with Gasteiger partial charge >= 0.3 is 5.97 Å². The van der Waals surface area contributed by atoms with Crippen molar-refractivity contribution in [2.75, 3.05) is 31.1 Å². The molecule has 3 N–H and O–H groups in total. The molecule has 2 fully saturated rings. The van der Waals surface area contributed by atoms with Gasteiger partial charge in [-0.25, -0.2) is 0 Å². The molecule has 0 aromatic carbocycles. The second-order valence-electron chi connectivity index (χ2n) is 7.43. The molecule has 7 heteroatoms. The minimum absolute atomic E-state index is 0.0862. The second-order valence-corrected chi connectivity index (χ2v) is 7.43. The number of aromatic nitrogens is 1. The highest BCUT2D eigenvalue weighted by molar-refractivity contribution is 5.83. The summed E-state index contributed by atoms with van der Waals surface area (Å²) in [5.74, 6) is -0.845. The molecule has 142 valence electrons. The summed E-state index contributed by atoms with van der Waals surface area (Å²) < 4.78 is 0. The van der Waals surface area contributed by atoms with E-state index in [1.165, 1.54) is 0 Å². The highest BCUT2D eigenvalue weighted by Gasteiger charge is 2.47. The monoisotopic (exact) mass is 360 g/mol. The quantitative estimate of drug-likeness (QED) is 0.812. The molecule has 3 atom stereocenters. The highest BCUT2D eigenvalue weighted by atomic mass is 16.4. The molecule has 0 radical (unpaired) electrons. The van der Waals surface area contributed by atoms with E-state index in [0.29, 0.717) is 25.7 Å². The van der Waals surface area contributed by atoms with Crippen molar-refractivity contribution >= 4 is 17.4 Å². The number of nitrogens with two attached hydrogens (primary N) is 1. The summed E-state index contributed by atoms with van der Waals surface area (Å²) in [7, 11) is 0. The molecule has 2 aliphatic rings. The number of carbonyl (C=O) groups is 2. The minimum Gasteiger partial charge on any atom is -0.480 e. The van der Waals surface area contributed by atoms with E-state index in [4.69, 9.17) is 5.73 Å². The van der Waals surface area contributed by atoms with Gasteiger partial charge in [-0.05, 0) is 31.4 Å². The lowest BCUT2D eigenvalue weighted by atomic mass is 9.71. The van der Waals surface area contributed by atoms with Gasteiger partial charge in [0.15, 0.2) is 0 Å². The lowest BCUT2D eigenvalue weighted by molar-refractivity contribution is -0.148. The number of carboxylic acids is 1. The van der Waals surface area contributed by atoms with Crippen molar-refractivity contribution in [1.82, 2.24) is 9.88 Å². The summed E-state index contributed by atoms with van der Waals surface area (Å²) in [4.78, 5) is 32.7. The van der Waals surface area contributed by atoms with Gasteiger partial charge in [0.05, 0.1) is 0 Å². The molecule has 0 amide bonds. The molecule has 7 nitrogen and oxygen atoms in total. The number of carboxylic acid groups (broad SMARTS) is 1. The van der Waals surface area contributed by atoms with Crippen LogP contribution in [0.25, 0.3) is 0 Å². The number of rotatable bonds is 5. The molecule has 26 heavy (non-hydrogen) atoms. The van der Waals surface area contributed by atoms with E-state index in [-0.39, 0.29) is 17.7 Å². The number of Topliss-reactive ketones (excluding diaryl/α,β-unsaturated/α-hetero) is 1. The third-order valence-electron chi connectivity index (χ3n) is 5.94. The van der Waals surface area contributed by atoms with Gasteiger partial charge in [0, 0.05) is 62.6 Å². The minimum atomic E-state index is -1.22. The summed E-state index contributed by atoms with van der Waals surface area (Å²) >= 11 is 0. The highest BCUT2D eigenvalue weighted by Crippen LogP contribution is 2.36. The summed E-state index contributed by atoms with van der Waals surface area (Å²) in [6.45, 7) is 5.17. The van der Waals surface area contributed by atoms with Crippen LogP contribution in [0.2, 0.25) is 0 Å². The molecule has 1 aromatic heterocycles. The van der Waals surface area contributed by atoms with Crippen LogP contribution in [0.3, 0.4) is 0 Å². The van der Waals surface area contributed by atoms with E-state index in [0.717, 1.165) is 31.9 Å². The number of ketones is 1. The second kappa shape index (κ2) is 7.72. The van der Waals surface area contributed by atoms with Gasteiger partial charge in [0.25, 0.3) is 0 Å². The van der Waals surface area contributed by atoms with Gasteiger partial charge in [-0.2, -0.15) is 0 Å². The number of hydrogen-bond donors (Lipinski definition) is 2. The van der Waals surface area contributed by atoms with Crippen molar-refractivity contribution in [3.8, 4) is 0 Å². The van der Waals surface area contributed by atoms with Crippen molar-refractivity contribution in [3.63, 3.8) is 0 Å². The summed E-state index contributed by atoms with van der Waals surface area (Å²) in [6.07, 6.45) is 5.33. The van der Waals surface area contributed by atoms with E-state index in [2.05, 4.69) is 14.8 Å². The van der Waals surface area contributed by atoms with Gasteiger partial charge in [-0.15, -0.1) is 0 Å². The van der Waals surface area contributed by atoms with Gasteiger partial charge in [-0.1, -0.05) is 6.92 Å². The van der Waals surface area contributed by atoms with E-state index in [9.17, 15) is 14.7 Å². The first-order chi connectivity index (χ1) is 12.4. The molecule has 2 heterocycles. The zero-order chi connectivity index (χ0) is 18.7. The Labute approximate surface area is 154 Å². The first-order valence-corrected chi connectivity index (χ1v) is 9.38. The van der Waals surface area contributed by atoms with Gasteiger partial charge < -0.3 is 15.7 Å². The molecular weight excluding hydrogens is 332 g/mol. The Morgan fingerprint density at radius 3 is 2.50 bits per heavy atom. The van der Waals surface area contributed by atoms with E-state index < -0.39 is 11.5 Å². The van der Waals surface area contributed by atoms with Gasteiger partial charge in [-0.3, -0.25) is 19.5 Å². The van der Waals surface area contributed by atoms with E-state index in [1.54, 1.807) is 12.4 Å². The van der Waals surface area contributed by atoms with Crippen LogP contribution >= 0.6 is 0 Å².